The van der Waals surface area contributed by atoms with Crippen LogP contribution < -0.4 is 33.9 Å². The number of aliphatic hydroxyl groups excluding tert-OH is 2. The molecule has 0 spiro atoms. The number of esters is 5. The Morgan fingerprint density at radius 2 is 1.15 bits per heavy atom. The number of aliphatic hydroxyl groups is 2. The standard InChI is InChI=1S/C15H22FN3O6.C13H16FN3O6.C11H16O7.C4H4FN3O.CH4.I2.HI/c1-3-4-5-6-24-15(23)18-12-9(16)7-19(14(22)17-12)13-11(21)10(20)8(2)25-13;1-5-9(22-6(2)18)10(23-7(3)19)12(21-5)17-4-8(14)11(15)16-13(17)20;1-5-9(16-6(2)12)10(17-7(3)13)11(15-5)18-8(4)14;5-2-1-7-4(9)8-3(2)6;;1-2;/h7-8,10-11,13,20-21H,3-6H2,1-2H3,(H,17,18,22,23);4-5,9-10,12H,1-3H3,(H2,15,16,20);5,9-11H,1-4H3;1H,(H3,6,7,8,9);1H4;;1H/t8-,10+,11?,13-;5-,9+,10?,12-;5-,9+,10?,11+;;;;/m111..../s1. The van der Waals surface area contributed by atoms with Crippen molar-refractivity contribution >= 4 is 115 Å². The molecule has 3 unspecified atom stereocenters. The first-order chi connectivity index (χ1) is 36.1. The van der Waals surface area contributed by atoms with Crippen molar-refractivity contribution in [2.75, 3.05) is 23.4 Å². The van der Waals surface area contributed by atoms with Gasteiger partial charge in [-0.05, 0) is 27.2 Å². The number of aromatic amines is 1. The van der Waals surface area contributed by atoms with E-state index in [0.717, 1.165) is 47.5 Å². The summed E-state index contributed by atoms with van der Waals surface area (Å²) < 4.78 is 87.4. The third kappa shape index (κ3) is 23.0. The number of nitrogens with zero attached hydrogens (tertiary/aromatic N) is 5. The fourth-order valence-electron chi connectivity index (χ4n) is 6.87. The number of amides is 1. The van der Waals surface area contributed by atoms with Gasteiger partial charge in [0, 0.05) is 71.9 Å². The van der Waals surface area contributed by atoms with Gasteiger partial charge in [-0.1, -0.05) is 27.2 Å². The van der Waals surface area contributed by atoms with Gasteiger partial charge in [0.15, 0.2) is 59.9 Å². The molecule has 6 heterocycles. The van der Waals surface area contributed by atoms with E-state index in [9.17, 15) is 66.5 Å². The first-order valence-electron chi connectivity index (χ1n) is 22.7. The highest BCUT2D eigenvalue weighted by molar-refractivity contribution is 15.0. The minimum Gasteiger partial charge on any atom is -0.456 e. The largest absolute Gasteiger partial charge is 0.456 e. The van der Waals surface area contributed by atoms with Crippen molar-refractivity contribution < 1.29 is 94.8 Å². The highest BCUT2D eigenvalue weighted by Gasteiger charge is 2.50. The van der Waals surface area contributed by atoms with Crippen molar-refractivity contribution in [3.8, 4) is 0 Å². The quantitative estimate of drug-likeness (QED) is 0.0656. The van der Waals surface area contributed by atoms with Gasteiger partial charge in [0.25, 0.3) is 0 Å². The third-order valence-electron chi connectivity index (χ3n) is 10.2. The lowest BCUT2D eigenvalue weighted by molar-refractivity contribution is -0.194. The molecule has 3 aromatic rings. The van der Waals surface area contributed by atoms with Crippen LogP contribution in [0.4, 0.5) is 35.4 Å². The Morgan fingerprint density at radius 1 is 0.684 bits per heavy atom. The van der Waals surface area contributed by atoms with Crippen LogP contribution in [-0.4, -0.2) is 143 Å². The molecule has 0 saturated carbocycles. The zero-order chi connectivity index (χ0) is 58.6. The number of H-pyrrole nitrogens is 1. The fourth-order valence-corrected chi connectivity index (χ4v) is 6.87. The molecule has 3 saturated heterocycles. The molecule has 1 amide bonds. The Bertz CT molecular complexity index is 2690. The van der Waals surface area contributed by atoms with Crippen LogP contribution in [0.1, 0.15) is 101 Å². The van der Waals surface area contributed by atoms with E-state index < -0.39 is 156 Å². The van der Waals surface area contributed by atoms with Gasteiger partial charge in [0.05, 0.1) is 43.5 Å². The molecular weight excluding hydrogens is 1410 g/mol. The summed E-state index contributed by atoms with van der Waals surface area (Å²) in [5.74, 6) is -7.04. The van der Waals surface area contributed by atoms with E-state index in [4.69, 9.17) is 54.1 Å². The molecule has 3 aliphatic rings. The lowest BCUT2D eigenvalue weighted by Gasteiger charge is -2.23. The average molecular weight is 1480 g/mol. The Balaban J connectivity index is 0.00000105. The van der Waals surface area contributed by atoms with Gasteiger partial charge in [0.2, 0.25) is 12.4 Å². The van der Waals surface area contributed by atoms with E-state index in [1.165, 1.54) is 34.6 Å². The Hall–Kier alpha value is -5.36. The maximum absolute atomic E-state index is 14.1. The van der Waals surface area contributed by atoms with Gasteiger partial charge >= 0.3 is 53.0 Å². The van der Waals surface area contributed by atoms with E-state index in [1.807, 2.05) is 11.9 Å². The minimum atomic E-state index is -1.41. The predicted octanol–water partition coefficient (Wildman–Crippen LogP) is 3.18. The molecule has 3 fully saturated rings. The number of halogens is 6. The van der Waals surface area contributed by atoms with Crippen LogP contribution in [0.2, 0.25) is 0 Å². The topological polar surface area (TPSA) is 406 Å². The van der Waals surface area contributed by atoms with Crippen molar-refractivity contribution in [1.82, 2.24) is 29.1 Å². The second-order valence-corrected chi connectivity index (χ2v) is 16.3. The third-order valence-corrected chi connectivity index (χ3v) is 10.2. The van der Waals surface area contributed by atoms with Crippen LogP contribution in [0, 0.1) is 17.5 Å². The molecule has 79 heavy (non-hydrogen) atoms. The van der Waals surface area contributed by atoms with Gasteiger partial charge in [-0.25, -0.2) is 32.3 Å². The number of carbonyl (C=O) groups is 6. The number of nitrogens with one attached hydrogen (secondary N) is 2. The molecule has 3 aromatic heterocycles. The second kappa shape index (κ2) is 35.4. The van der Waals surface area contributed by atoms with E-state index in [2.05, 4.69) is 57.5 Å². The van der Waals surface area contributed by atoms with Crippen LogP contribution >= 0.6 is 61.2 Å². The van der Waals surface area contributed by atoms with Crippen molar-refractivity contribution in [3.63, 3.8) is 0 Å². The van der Waals surface area contributed by atoms with E-state index in [0.29, 0.717) is 6.42 Å². The number of ether oxygens (including phenoxy) is 9. The molecule has 0 bridgehead atoms. The molecular formula is C44H63F3I3N9O20. The normalized spacial score (nSPS) is 24.1. The number of hydrogen-bond acceptors (Lipinski definition) is 25. The summed E-state index contributed by atoms with van der Waals surface area (Å²) in [5, 5.41) is 21.6. The first-order valence-corrected chi connectivity index (χ1v) is 28.9. The van der Waals surface area contributed by atoms with Crippen molar-refractivity contribution in [3.05, 3.63) is 67.5 Å². The van der Waals surface area contributed by atoms with E-state index in [1.54, 1.807) is 13.8 Å². The number of hydrogen-bond donors (Lipinski definition) is 6. The number of carbonyl (C=O) groups excluding carboxylic acids is 6. The average Bonchev–Trinajstić information content (AvgIpc) is 3.89. The summed E-state index contributed by atoms with van der Waals surface area (Å²) in [6, 6.07) is 0. The van der Waals surface area contributed by atoms with E-state index >= 15 is 0 Å². The molecule has 29 nitrogen and oxygen atoms in total. The van der Waals surface area contributed by atoms with E-state index in [-0.39, 0.29) is 43.8 Å². The molecule has 35 heteroatoms. The molecule has 8 N–H and O–H groups in total. The highest BCUT2D eigenvalue weighted by atomic mass is 128. The summed E-state index contributed by atoms with van der Waals surface area (Å²) >= 11 is 4.24. The summed E-state index contributed by atoms with van der Waals surface area (Å²) in [6.45, 7) is 12.9. The smallest absolute Gasteiger partial charge is 0.412 e. The van der Waals surface area contributed by atoms with Gasteiger partial charge in [0.1, 0.15) is 18.0 Å². The van der Waals surface area contributed by atoms with Crippen LogP contribution in [0.5, 0.6) is 0 Å². The SMILES string of the molecule is C.CC(=O)OC1[C@@H](OC(C)=O)[C@@H](C)O[C@H]1n1cc(F)c(N)nc1=O.CC(=O)OC1[C@H](OC(C)=O)O[C@H](C)[C@@H]1OC(C)=O.CCCCCOC(=O)Nc1nc(=O)n([C@@H]2O[C@H](C)[C@H](O)C2O)cc1F.I.II.Nc1[nH]c(=O)ncc1F. The van der Waals surface area contributed by atoms with Gasteiger partial charge in [-0.15, -0.1) is 24.0 Å². The van der Waals surface area contributed by atoms with Crippen molar-refractivity contribution in [1.29, 1.82) is 0 Å². The Morgan fingerprint density at radius 3 is 1.65 bits per heavy atom. The molecule has 0 aromatic carbocycles. The zero-order valence-corrected chi connectivity index (χ0v) is 49.6. The minimum absolute atomic E-state index is 0. The lowest BCUT2D eigenvalue weighted by Crippen LogP contribution is -2.40. The maximum Gasteiger partial charge on any atom is 0.412 e. The first kappa shape index (κ1) is 73.6. The highest BCUT2D eigenvalue weighted by Crippen LogP contribution is 2.34. The zero-order valence-electron chi connectivity index (χ0n) is 42.9. The number of anilines is 3. The van der Waals surface area contributed by atoms with Crippen molar-refractivity contribution in [2.45, 2.75) is 163 Å². The summed E-state index contributed by atoms with van der Waals surface area (Å²) in [6.07, 6.45) is -8.01. The fraction of sp³-hybridized carbons (Fsp3) is 0.591. The lowest BCUT2D eigenvalue weighted by atomic mass is 10.1. The molecule has 0 aliphatic carbocycles. The predicted molar refractivity (Wildman–Crippen MR) is 295 cm³/mol. The number of aromatic nitrogens is 6. The van der Waals surface area contributed by atoms with Gasteiger partial charge < -0.3 is 64.3 Å². The maximum atomic E-state index is 14.1. The summed E-state index contributed by atoms with van der Waals surface area (Å²) in [4.78, 5) is 113. The van der Waals surface area contributed by atoms with Crippen molar-refractivity contribution in [2.24, 2.45) is 0 Å². The molecule has 12 atom stereocenters. The molecule has 0 radical (unpaired) electrons. The van der Waals surface area contributed by atoms with Crippen LogP contribution in [0.15, 0.2) is 33.0 Å². The summed E-state index contributed by atoms with van der Waals surface area (Å²) in [7, 11) is 0. The molecule has 446 valence electrons. The monoisotopic (exact) mass is 1480 g/mol. The molecule has 3 aliphatic heterocycles. The summed E-state index contributed by atoms with van der Waals surface area (Å²) in [5.41, 5.74) is 7.70. The van der Waals surface area contributed by atoms with Crippen LogP contribution in [-0.2, 0) is 66.6 Å². The number of rotatable bonds is 12. The van der Waals surface area contributed by atoms with Gasteiger partial charge in [-0.3, -0.25) is 43.4 Å². The number of nitrogens with two attached hydrogens (primary N) is 2. The Kier molecular flexibility index (Phi) is 33.0. The molecule has 6 rings (SSSR count). The van der Waals surface area contributed by atoms with Crippen LogP contribution in [0.3, 0.4) is 0 Å². The van der Waals surface area contributed by atoms with Crippen LogP contribution in [0.25, 0.3) is 0 Å². The number of unbranched alkanes of at least 4 members (excludes halogenated alkanes) is 2. The number of nitrogen functional groups attached to an aromatic ring is 2. The Labute approximate surface area is 488 Å². The second-order valence-electron chi connectivity index (χ2n) is 16.3. The van der Waals surface area contributed by atoms with Gasteiger partial charge in [-0.2, -0.15) is 15.0 Å².